The summed E-state index contributed by atoms with van der Waals surface area (Å²) in [5.41, 5.74) is 6.53. The van der Waals surface area contributed by atoms with Crippen LogP contribution in [0.2, 0.25) is 0 Å². The highest BCUT2D eigenvalue weighted by atomic mass is 14.5. The molecule has 0 aliphatic rings. The molecule has 0 amide bonds. The molecule has 0 aliphatic carbocycles. The summed E-state index contributed by atoms with van der Waals surface area (Å²) in [6.45, 7) is 6.77. The van der Waals surface area contributed by atoms with E-state index in [4.69, 9.17) is 5.73 Å². The largest absolute Gasteiger partial charge is 0.330 e. The van der Waals surface area contributed by atoms with E-state index in [0.29, 0.717) is 0 Å². The average Bonchev–Trinajstić information content (AvgIpc) is 1.97. The van der Waals surface area contributed by atoms with Gasteiger partial charge in [-0.1, -0.05) is 31.2 Å². The maximum absolute atomic E-state index is 5.34. The Kier molecular flexibility index (Phi) is 6.19. The fraction of sp³-hybridized carbons (Fsp3) is 0.556. The van der Waals surface area contributed by atoms with Crippen LogP contribution in [-0.4, -0.2) is 6.54 Å². The minimum Gasteiger partial charge on any atom is -0.330 e. The van der Waals surface area contributed by atoms with E-state index < -0.39 is 0 Å². The first kappa shape index (κ1) is 9.44. The standard InChI is InChI=1S/C9H17N/c1-3-4-6-9(2)7-5-8-10/h4,6H,2-3,5,7-8,10H2,1H3/b6-4-. The molecule has 0 aromatic heterocycles. The first-order valence-electron chi connectivity index (χ1n) is 3.85. The van der Waals surface area contributed by atoms with Crippen LogP contribution in [0.4, 0.5) is 0 Å². The van der Waals surface area contributed by atoms with Gasteiger partial charge in [-0.3, -0.25) is 0 Å². The second-order valence-corrected chi connectivity index (χ2v) is 2.36. The molecule has 0 unspecified atom stereocenters. The van der Waals surface area contributed by atoms with Gasteiger partial charge in [0.2, 0.25) is 0 Å². The number of hydrogen-bond donors (Lipinski definition) is 1. The lowest BCUT2D eigenvalue weighted by atomic mass is 10.1. The third-order valence-electron chi connectivity index (χ3n) is 1.29. The van der Waals surface area contributed by atoms with Crippen molar-refractivity contribution in [2.45, 2.75) is 26.2 Å². The monoisotopic (exact) mass is 139 g/mol. The zero-order valence-electron chi connectivity index (χ0n) is 6.77. The fourth-order valence-electron chi connectivity index (χ4n) is 0.697. The van der Waals surface area contributed by atoms with Gasteiger partial charge in [0.25, 0.3) is 0 Å². The fourth-order valence-corrected chi connectivity index (χ4v) is 0.697. The van der Waals surface area contributed by atoms with Gasteiger partial charge in [-0.25, -0.2) is 0 Å². The van der Waals surface area contributed by atoms with Crippen molar-refractivity contribution in [3.8, 4) is 0 Å². The maximum Gasteiger partial charge on any atom is -0.00741 e. The summed E-state index contributed by atoms with van der Waals surface area (Å²) in [5, 5.41) is 0. The van der Waals surface area contributed by atoms with E-state index in [1.165, 1.54) is 5.57 Å². The van der Waals surface area contributed by atoms with Crippen LogP contribution in [0.25, 0.3) is 0 Å². The summed E-state index contributed by atoms with van der Waals surface area (Å²) in [6, 6.07) is 0. The Morgan fingerprint density at radius 2 is 2.30 bits per heavy atom. The molecule has 0 saturated carbocycles. The van der Waals surface area contributed by atoms with Crippen molar-refractivity contribution in [3.63, 3.8) is 0 Å². The van der Waals surface area contributed by atoms with Crippen LogP contribution in [0.15, 0.2) is 24.3 Å². The molecule has 0 atom stereocenters. The molecule has 58 valence electrons. The third-order valence-corrected chi connectivity index (χ3v) is 1.29. The molecule has 0 aromatic rings. The molecule has 1 heteroatoms. The second-order valence-electron chi connectivity index (χ2n) is 2.36. The SMILES string of the molecule is C=C(/C=C\CC)CCCN. The molecular formula is C9H17N. The minimum atomic E-state index is 0.763. The summed E-state index contributed by atoms with van der Waals surface area (Å²) >= 11 is 0. The summed E-state index contributed by atoms with van der Waals surface area (Å²) in [6.07, 6.45) is 7.37. The van der Waals surface area contributed by atoms with Crippen LogP contribution in [0, 0.1) is 0 Å². The van der Waals surface area contributed by atoms with Crippen LogP contribution < -0.4 is 5.73 Å². The lowest BCUT2D eigenvalue weighted by Crippen LogP contribution is -1.97. The van der Waals surface area contributed by atoms with Gasteiger partial charge in [-0.15, -0.1) is 0 Å². The van der Waals surface area contributed by atoms with Gasteiger partial charge in [-0.2, -0.15) is 0 Å². The van der Waals surface area contributed by atoms with Crippen LogP contribution in [0.1, 0.15) is 26.2 Å². The Labute approximate surface area is 63.6 Å². The highest BCUT2D eigenvalue weighted by Gasteiger charge is 1.85. The zero-order valence-corrected chi connectivity index (χ0v) is 6.77. The Morgan fingerprint density at radius 3 is 2.80 bits per heavy atom. The molecule has 0 aromatic carbocycles. The minimum absolute atomic E-state index is 0.763. The summed E-state index contributed by atoms with van der Waals surface area (Å²) in [7, 11) is 0. The molecule has 1 nitrogen and oxygen atoms in total. The highest BCUT2D eigenvalue weighted by Crippen LogP contribution is 2.02. The van der Waals surface area contributed by atoms with E-state index in [0.717, 1.165) is 25.8 Å². The predicted octanol–water partition coefficient (Wildman–Crippen LogP) is 2.25. The molecule has 0 bridgehead atoms. The number of allylic oxidation sites excluding steroid dienone is 3. The third kappa shape index (κ3) is 5.57. The molecule has 0 radical (unpaired) electrons. The summed E-state index contributed by atoms with van der Waals surface area (Å²) in [5.74, 6) is 0. The van der Waals surface area contributed by atoms with Crippen molar-refractivity contribution < 1.29 is 0 Å². The van der Waals surface area contributed by atoms with Gasteiger partial charge in [-0.05, 0) is 25.8 Å². The van der Waals surface area contributed by atoms with Crippen LogP contribution in [0.5, 0.6) is 0 Å². The quantitative estimate of drug-likeness (QED) is 0.581. The molecule has 0 fully saturated rings. The maximum atomic E-state index is 5.34. The molecule has 10 heavy (non-hydrogen) atoms. The Hall–Kier alpha value is -0.560. The van der Waals surface area contributed by atoms with Gasteiger partial charge in [0.1, 0.15) is 0 Å². The first-order chi connectivity index (χ1) is 4.81. The molecule has 2 N–H and O–H groups in total. The Morgan fingerprint density at radius 1 is 1.60 bits per heavy atom. The lowest BCUT2D eigenvalue weighted by Gasteiger charge is -1.95. The van der Waals surface area contributed by atoms with Crippen molar-refractivity contribution in [2.75, 3.05) is 6.54 Å². The smallest absolute Gasteiger partial charge is 0.00741 e. The molecular weight excluding hydrogens is 122 g/mol. The highest BCUT2D eigenvalue weighted by molar-refractivity contribution is 5.13. The normalized spacial score (nSPS) is 10.6. The average molecular weight is 139 g/mol. The molecule has 0 rings (SSSR count). The van der Waals surface area contributed by atoms with Gasteiger partial charge in [0.05, 0.1) is 0 Å². The van der Waals surface area contributed by atoms with E-state index in [-0.39, 0.29) is 0 Å². The van der Waals surface area contributed by atoms with Gasteiger partial charge in [0.15, 0.2) is 0 Å². The lowest BCUT2D eigenvalue weighted by molar-refractivity contribution is 0.837. The zero-order chi connectivity index (χ0) is 7.82. The number of nitrogens with two attached hydrogens (primary N) is 1. The Bertz CT molecular complexity index is 114. The first-order valence-corrected chi connectivity index (χ1v) is 3.85. The van der Waals surface area contributed by atoms with Crippen molar-refractivity contribution in [1.29, 1.82) is 0 Å². The van der Waals surface area contributed by atoms with Gasteiger partial charge in [0, 0.05) is 0 Å². The number of rotatable bonds is 5. The molecule has 0 spiro atoms. The van der Waals surface area contributed by atoms with Crippen molar-refractivity contribution in [2.24, 2.45) is 5.73 Å². The Balaban J connectivity index is 3.34. The van der Waals surface area contributed by atoms with Gasteiger partial charge < -0.3 is 5.73 Å². The molecule has 0 saturated heterocycles. The second kappa shape index (κ2) is 6.56. The van der Waals surface area contributed by atoms with Crippen LogP contribution in [0.3, 0.4) is 0 Å². The van der Waals surface area contributed by atoms with E-state index in [2.05, 4.69) is 25.7 Å². The van der Waals surface area contributed by atoms with E-state index in [9.17, 15) is 0 Å². The van der Waals surface area contributed by atoms with E-state index in [1.54, 1.807) is 0 Å². The van der Waals surface area contributed by atoms with Crippen molar-refractivity contribution in [1.82, 2.24) is 0 Å². The molecule has 0 aliphatic heterocycles. The van der Waals surface area contributed by atoms with Crippen molar-refractivity contribution in [3.05, 3.63) is 24.3 Å². The van der Waals surface area contributed by atoms with E-state index >= 15 is 0 Å². The van der Waals surface area contributed by atoms with Crippen LogP contribution >= 0.6 is 0 Å². The van der Waals surface area contributed by atoms with E-state index in [1.807, 2.05) is 0 Å². The summed E-state index contributed by atoms with van der Waals surface area (Å²) < 4.78 is 0. The summed E-state index contributed by atoms with van der Waals surface area (Å²) in [4.78, 5) is 0. The van der Waals surface area contributed by atoms with Gasteiger partial charge >= 0.3 is 0 Å². The topological polar surface area (TPSA) is 26.0 Å². The number of hydrogen-bond acceptors (Lipinski definition) is 1. The van der Waals surface area contributed by atoms with Crippen LogP contribution in [-0.2, 0) is 0 Å². The molecule has 0 heterocycles. The van der Waals surface area contributed by atoms with Crippen molar-refractivity contribution >= 4 is 0 Å². The predicted molar refractivity (Wildman–Crippen MR) is 46.9 cm³/mol.